The van der Waals surface area contributed by atoms with Crippen molar-refractivity contribution in [1.82, 2.24) is 34.7 Å². The number of fused-ring (bicyclic) bond motifs is 1. The van der Waals surface area contributed by atoms with Crippen LogP contribution in [0.5, 0.6) is 0 Å². The number of hydrogen-bond donors (Lipinski definition) is 3. The molecule has 38 heavy (non-hydrogen) atoms. The van der Waals surface area contributed by atoms with Gasteiger partial charge in [-0.25, -0.2) is 19.3 Å². The highest BCUT2D eigenvalue weighted by Gasteiger charge is 2.28. The van der Waals surface area contributed by atoms with E-state index in [9.17, 15) is 14.4 Å². The molecule has 5 heterocycles. The van der Waals surface area contributed by atoms with E-state index in [0.717, 1.165) is 10.4 Å². The Balaban J connectivity index is 1.36. The number of carbonyl (C=O) groups is 3. The van der Waals surface area contributed by atoms with Crippen molar-refractivity contribution in [3.63, 3.8) is 0 Å². The van der Waals surface area contributed by atoms with Crippen LogP contribution in [0.25, 0.3) is 16.2 Å². The van der Waals surface area contributed by atoms with Crippen LogP contribution in [0.2, 0.25) is 0 Å². The van der Waals surface area contributed by atoms with E-state index in [2.05, 4.69) is 20.7 Å². The van der Waals surface area contributed by atoms with Crippen molar-refractivity contribution in [3.8, 4) is 17.5 Å². The quantitative estimate of drug-likeness (QED) is 0.426. The number of nitrogens with one attached hydrogen (secondary N) is 2. The van der Waals surface area contributed by atoms with E-state index >= 15 is 0 Å². The third-order valence-corrected chi connectivity index (χ3v) is 7.75. The number of anilines is 1. The van der Waals surface area contributed by atoms with Gasteiger partial charge in [-0.3, -0.25) is 9.59 Å². The Labute approximate surface area is 222 Å². The van der Waals surface area contributed by atoms with Crippen molar-refractivity contribution < 1.29 is 19.5 Å². The highest BCUT2D eigenvalue weighted by atomic mass is 32.1. The van der Waals surface area contributed by atoms with Gasteiger partial charge in [-0.1, -0.05) is 0 Å². The standard InChI is InChI=1S/C24H27N9O4S/c25-6-1-20(34)31-7-2-15(3-8-31)27-19-13-18(22(35)32-9-4-16(5-10-32)28-24(36)37)29-21(30-19)17-14-26-33-11-12-38-23(17)33/h11-16,28H,1-5,7-10H2,(H,36,37)(H,27,29,30). The monoisotopic (exact) mass is 537 g/mol. The van der Waals surface area contributed by atoms with Crippen molar-refractivity contribution in [2.24, 2.45) is 0 Å². The van der Waals surface area contributed by atoms with Gasteiger partial charge in [-0.2, -0.15) is 10.4 Å². The first kappa shape index (κ1) is 25.4. The largest absolute Gasteiger partial charge is 0.465 e. The van der Waals surface area contributed by atoms with Gasteiger partial charge in [0.2, 0.25) is 5.91 Å². The maximum atomic E-state index is 13.5. The van der Waals surface area contributed by atoms with Crippen molar-refractivity contribution in [1.29, 1.82) is 5.26 Å². The molecule has 2 aliphatic rings. The summed E-state index contributed by atoms with van der Waals surface area (Å²) in [5.74, 6) is 0.502. The molecule has 3 aromatic heterocycles. The molecule has 13 nitrogen and oxygen atoms in total. The number of carbonyl (C=O) groups excluding carboxylic acids is 2. The summed E-state index contributed by atoms with van der Waals surface area (Å²) in [7, 11) is 0. The normalized spacial score (nSPS) is 16.8. The molecule has 2 aliphatic heterocycles. The van der Waals surface area contributed by atoms with Gasteiger partial charge in [0.25, 0.3) is 5.91 Å². The van der Waals surface area contributed by atoms with E-state index in [1.54, 1.807) is 26.6 Å². The van der Waals surface area contributed by atoms with Crippen molar-refractivity contribution >= 4 is 39.9 Å². The number of rotatable bonds is 6. The molecular formula is C24H27N9O4S. The molecule has 3 N–H and O–H groups in total. The summed E-state index contributed by atoms with van der Waals surface area (Å²) in [4.78, 5) is 50.1. The minimum atomic E-state index is -1.06. The van der Waals surface area contributed by atoms with Crippen LogP contribution in [0, 0.1) is 11.3 Å². The van der Waals surface area contributed by atoms with E-state index in [0.29, 0.717) is 63.5 Å². The van der Waals surface area contributed by atoms with Gasteiger partial charge in [0, 0.05) is 55.9 Å². The van der Waals surface area contributed by atoms with Crippen LogP contribution in [0.3, 0.4) is 0 Å². The lowest BCUT2D eigenvalue weighted by atomic mass is 10.0. The van der Waals surface area contributed by atoms with Gasteiger partial charge in [-0.05, 0) is 25.7 Å². The summed E-state index contributed by atoms with van der Waals surface area (Å²) in [6.07, 6.45) is 4.78. The number of thiazole rings is 1. The third-order valence-electron chi connectivity index (χ3n) is 6.86. The zero-order valence-electron chi connectivity index (χ0n) is 20.5. The summed E-state index contributed by atoms with van der Waals surface area (Å²) in [6.45, 7) is 1.93. The SMILES string of the molecule is N#CCC(=O)N1CCC(Nc2cc(C(=O)N3CCC(NC(=O)O)CC3)nc(-c3cnn4ccsc34)n2)CC1. The number of amides is 3. The molecule has 0 spiro atoms. The molecule has 3 aromatic rings. The predicted molar refractivity (Wildman–Crippen MR) is 138 cm³/mol. The fourth-order valence-electron chi connectivity index (χ4n) is 4.86. The second kappa shape index (κ2) is 11.0. The van der Waals surface area contributed by atoms with Gasteiger partial charge >= 0.3 is 6.09 Å². The first-order chi connectivity index (χ1) is 18.4. The van der Waals surface area contributed by atoms with Gasteiger partial charge < -0.3 is 25.5 Å². The lowest BCUT2D eigenvalue weighted by molar-refractivity contribution is -0.131. The number of piperidine rings is 2. The second-order valence-corrected chi connectivity index (χ2v) is 10.2. The van der Waals surface area contributed by atoms with Crippen LogP contribution in [-0.2, 0) is 4.79 Å². The van der Waals surface area contributed by atoms with Crippen molar-refractivity contribution in [2.45, 2.75) is 44.2 Å². The van der Waals surface area contributed by atoms with Crippen molar-refractivity contribution in [3.05, 3.63) is 29.5 Å². The zero-order chi connectivity index (χ0) is 26.6. The first-order valence-electron chi connectivity index (χ1n) is 12.4. The Morgan fingerprint density at radius 1 is 1.08 bits per heavy atom. The molecule has 0 atom stereocenters. The summed E-state index contributed by atoms with van der Waals surface area (Å²) in [6, 6.07) is 3.41. The van der Waals surface area contributed by atoms with E-state index in [4.69, 9.17) is 15.4 Å². The highest BCUT2D eigenvalue weighted by molar-refractivity contribution is 7.16. The van der Waals surface area contributed by atoms with Crippen LogP contribution < -0.4 is 10.6 Å². The Morgan fingerprint density at radius 3 is 2.50 bits per heavy atom. The first-order valence-corrected chi connectivity index (χ1v) is 13.3. The van der Waals surface area contributed by atoms with E-state index < -0.39 is 6.09 Å². The summed E-state index contributed by atoms with van der Waals surface area (Å²) in [5.41, 5.74) is 0.971. The zero-order valence-corrected chi connectivity index (χ0v) is 21.4. The van der Waals surface area contributed by atoms with E-state index in [1.165, 1.54) is 11.3 Å². The molecule has 2 saturated heterocycles. The topological polar surface area (TPSA) is 169 Å². The molecule has 0 saturated carbocycles. The molecule has 0 unspecified atom stereocenters. The van der Waals surface area contributed by atoms with Crippen LogP contribution in [-0.4, -0.2) is 90.7 Å². The Hall–Kier alpha value is -4.25. The molecule has 0 bridgehead atoms. The van der Waals surface area contributed by atoms with Gasteiger partial charge in [0.1, 0.15) is 22.8 Å². The average molecular weight is 538 g/mol. The Kier molecular flexibility index (Phi) is 7.36. The fraction of sp³-hybridized carbons (Fsp3) is 0.458. The molecule has 0 aliphatic carbocycles. The van der Waals surface area contributed by atoms with E-state index in [1.807, 2.05) is 17.6 Å². The van der Waals surface area contributed by atoms with Crippen LogP contribution >= 0.6 is 11.3 Å². The number of carboxylic acid groups (broad SMARTS) is 1. The third kappa shape index (κ3) is 5.52. The fourth-order valence-corrected chi connectivity index (χ4v) is 5.65. The molecule has 198 valence electrons. The summed E-state index contributed by atoms with van der Waals surface area (Å²) < 4.78 is 1.74. The minimum Gasteiger partial charge on any atom is -0.465 e. The summed E-state index contributed by atoms with van der Waals surface area (Å²) in [5, 5.41) is 29.9. The van der Waals surface area contributed by atoms with Gasteiger partial charge in [0.15, 0.2) is 5.82 Å². The second-order valence-electron chi connectivity index (χ2n) is 9.32. The van der Waals surface area contributed by atoms with Crippen LogP contribution in [0.1, 0.15) is 42.6 Å². The average Bonchev–Trinajstić information content (AvgIpc) is 3.53. The molecule has 5 rings (SSSR count). The lowest BCUT2D eigenvalue weighted by Crippen LogP contribution is -2.46. The maximum Gasteiger partial charge on any atom is 0.404 e. The van der Waals surface area contributed by atoms with Crippen molar-refractivity contribution in [2.75, 3.05) is 31.5 Å². The number of hydrogen-bond acceptors (Lipinski definition) is 9. The molecule has 2 fully saturated rings. The molecule has 14 heteroatoms. The number of likely N-dealkylation sites (tertiary alicyclic amines) is 2. The van der Waals surface area contributed by atoms with Gasteiger partial charge in [0.05, 0.1) is 17.8 Å². The smallest absolute Gasteiger partial charge is 0.404 e. The molecule has 0 radical (unpaired) electrons. The number of nitriles is 1. The number of nitrogens with zero attached hydrogens (tertiary/aromatic N) is 7. The van der Waals surface area contributed by atoms with Crippen LogP contribution in [0.4, 0.5) is 10.6 Å². The highest BCUT2D eigenvalue weighted by Crippen LogP contribution is 2.28. The molecular weight excluding hydrogens is 510 g/mol. The Bertz CT molecular complexity index is 1380. The van der Waals surface area contributed by atoms with E-state index in [-0.39, 0.29) is 36.0 Å². The molecule has 3 amide bonds. The number of aromatic nitrogens is 4. The maximum absolute atomic E-state index is 13.5. The van der Waals surface area contributed by atoms with Crippen LogP contribution in [0.15, 0.2) is 23.8 Å². The Morgan fingerprint density at radius 2 is 1.79 bits per heavy atom. The van der Waals surface area contributed by atoms with Gasteiger partial charge in [-0.15, -0.1) is 11.3 Å². The lowest BCUT2D eigenvalue weighted by Gasteiger charge is -2.33. The summed E-state index contributed by atoms with van der Waals surface area (Å²) >= 11 is 1.50. The minimum absolute atomic E-state index is 0.0404. The predicted octanol–water partition coefficient (Wildman–Crippen LogP) is 2.04. The molecule has 0 aromatic carbocycles.